The topological polar surface area (TPSA) is 79.3 Å². The highest BCUT2D eigenvalue weighted by molar-refractivity contribution is 6.07. The number of carboxylic acids is 1. The number of carboxylic acid groups (broad SMARTS) is 1. The van der Waals surface area contributed by atoms with Crippen LogP contribution in [-0.4, -0.2) is 28.0 Å². The Labute approximate surface area is 173 Å². The molecule has 3 aromatic carbocycles. The normalized spacial score (nSPS) is 13.5. The molecule has 1 heterocycles. The van der Waals surface area contributed by atoms with E-state index in [0.29, 0.717) is 16.5 Å². The van der Waals surface area contributed by atoms with Gasteiger partial charge in [-0.05, 0) is 34.4 Å². The number of aromatic nitrogens is 1. The Morgan fingerprint density at radius 3 is 2.10 bits per heavy atom. The molecule has 0 spiro atoms. The van der Waals surface area contributed by atoms with Crippen molar-refractivity contribution in [2.45, 2.75) is 12.0 Å². The molecule has 1 aromatic heterocycles. The van der Waals surface area contributed by atoms with Crippen LogP contribution in [0.5, 0.6) is 0 Å². The monoisotopic (exact) mass is 394 g/mol. The van der Waals surface area contributed by atoms with Crippen LogP contribution in [0.3, 0.4) is 0 Å². The van der Waals surface area contributed by atoms with Crippen LogP contribution < -0.4 is 5.32 Å². The van der Waals surface area contributed by atoms with Crippen LogP contribution >= 0.6 is 0 Å². The fourth-order valence-electron chi connectivity index (χ4n) is 4.35. The number of carbonyl (C=O) groups excluding carboxylic acids is 1. The highest BCUT2D eigenvalue weighted by Gasteiger charge is 2.39. The van der Waals surface area contributed by atoms with Gasteiger partial charge >= 0.3 is 5.97 Å². The lowest BCUT2D eigenvalue weighted by Crippen LogP contribution is -2.45. The van der Waals surface area contributed by atoms with E-state index in [1.165, 1.54) is 0 Å². The first-order valence-corrected chi connectivity index (χ1v) is 9.71. The molecular formula is C25H18N2O3. The Bertz CT molecular complexity index is 1250. The van der Waals surface area contributed by atoms with E-state index in [9.17, 15) is 14.7 Å². The first-order chi connectivity index (χ1) is 14.6. The number of para-hydroxylation sites is 1. The van der Waals surface area contributed by atoms with Crippen molar-refractivity contribution in [1.29, 1.82) is 0 Å². The second kappa shape index (κ2) is 7.12. The van der Waals surface area contributed by atoms with Crippen molar-refractivity contribution in [3.8, 4) is 11.1 Å². The lowest BCUT2D eigenvalue weighted by molar-refractivity contribution is -0.139. The number of aliphatic carboxylic acids is 1. The number of hydrogen-bond acceptors (Lipinski definition) is 3. The minimum absolute atomic E-state index is 0.409. The second-order valence-corrected chi connectivity index (χ2v) is 7.32. The molecule has 1 amide bonds. The molecule has 0 fully saturated rings. The van der Waals surface area contributed by atoms with Gasteiger partial charge in [-0.3, -0.25) is 9.78 Å². The summed E-state index contributed by atoms with van der Waals surface area (Å²) in [5, 5.41) is 13.5. The Morgan fingerprint density at radius 2 is 1.43 bits per heavy atom. The lowest BCUT2D eigenvalue weighted by Gasteiger charge is -2.23. The number of carbonyl (C=O) groups is 2. The van der Waals surface area contributed by atoms with Crippen LogP contribution in [0, 0.1) is 0 Å². The van der Waals surface area contributed by atoms with E-state index < -0.39 is 23.8 Å². The molecule has 146 valence electrons. The molecule has 2 N–H and O–H groups in total. The van der Waals surface area contributed by atoms with Gasteiger partial charge in [0, 0.05) is 17.5 Å². The molecular weight excluding hydrogens is 376 g/mol. The van der Waals surface area contributed by atoms with E-state index in [0.717, 1.165) is 22.3 Å². The zero-order valence-corrected chi connectivity index (χ0v) is 15.9. The Kier molecular flexibility index (Phi) is 4.29. The average molecular weight is 394 g/mol. The predicted octanol–water partition coefficient (Wildman–Crippen LogP) is 4.23. The summed E-state index contributed by atoms with van der Waals surface area (Å²) in [5.74, 6) is -1.96. The fourth-order valence-corrected chi connectivity index (χ4v) is 4.35. The number of nitrogens with zero attached hydrogens (tertiary/aromatic N) is 1. The Morgan fingerprint density at radius 1 is 0.833 bits per heavy atom. The van der Waals surface area contributed by atoms with Gasteiger partial charge in [0.25, 0.3) is 5.91 Å². The first kappa shape index (κ1) is 18.1. The summed E-state index contributed by atoms with van der Waals surface area (Å²) >= 11 is 0. The third kappa shape index (κ3) is 2.83. The maximum atomic E-state index is 13.2. The van der Waals surface area contributed by atoms with Crippen molar-refractivity contribution in [1.82, 2.24) is 10.3 Å². The van der Waals surface area contributed by atoms with E-state index in [1.807, 2.05) is 72.8 Å². The number of fused-ring (bicyclic) bond motifs is 4. The van der Waals surface area contributed by atoms with Crippen molar-refractivity contribution < 1.29 is 14.7 Å². The summed E-state index contributed by atoms with van der Waals surface area (Å²) in [6.45, 7) is 0. The minimum Gasteiger partial charge on any atom is -0.480 e. The third-order valence-electron chi connectivity index (χ3n) is 5.66. The number of benzene rings is 3. The van der Waals surface area contributed by atoms with E-state index >= 15 is 0 Å². The molecule has 0 saturated heterocycles. The van der Waals surface area contributed by atoms with E-state index in [4.69, 9.17) is 0 Å². The molecule has 5 rings (SSSR count). The molecule has 4 aromatic rings. The van der Waals surface area contributed by atoms with Crippen molar-refractivity contribution in [2.75, 3.05) is 0 Å². The molecule has 1 aliphatic rings. The molecule has 0 unspecified atom stereocenters. The van der Waals surface area contributed by atoms with Gasteiger partial charge in [-0.15, -0.1) is 0 Å². The van der Waals surface area contributed by atoms with Gasteiger partial charge in [0.15, 0.2) is 0 Å². The molecule has 5 nitrogen and oxygen atoms in total. The maximum Gasteiger partial charge on any atom is 0.327 e. The summed E-state index contributed by atoms with van der Waals surface area (Å²) in [7, 11) is 0. The zero-order valence-electron chi connectivity index (χ0n) is 15.9. The highest BCUT2D eigenvalue weighted by atomic mass is 16.4. The standard InChI is InChI=1S/C25H18N2O3/c28-24(20-13-14-26-21-12-6-5-9-17(20)21)27-23(25(29)30)22-18-10-3-1-7-15(18)16-8-2-4-11-19(16)22/h1-14,22-23H,(H,27,28)(H,29,30)/t23-/m1/s1. The van der Waals surface area contributed by atoms with Crippen molar-refractivity contribution in [3.05, 3.63) is 102 Å². The molecule has 0 bridgehead atoms. The molecule has 5 heteroatoms. The largest absolute Gasteiger partial charge is 0.480 e. The summed E-state index contributed by atoms with van der Waals surface area (Å²) in [5.41, 5.74) is 4.93. The number of rotatable bonds is 4. The van der Waals surface area contributed by atoms with Gasteiger partial charge in [0.05, 0.1) is 11.1 Å². The molecule has 1 atom stereocenters. The van der Waals surface area contributed by atoms with E-state index in [1.54, 1.807) is 12.3 Å². The van der Waals surface area contributed by atoms with Gasteiger partial charge in [0.1, 0.15) is 6.04 Å². The minimum atomic E-state index is -1.10. The quantitative estimate of drug-likeness (QED) is 0.543. The summed E-state index contributed by atoms with van der Waals surface area (Å²) in [6, 6.07) is 23.4. The van der Waals surface area contributed by atoms with Crippen LogP contribution in [0.25, 0.3) is 22.0 Å². The molecule has 0 saturated carbocycles. The number of pyridine rings is 1. The van der Waals surface area contributed by atoms with Crippen molar-refractivity contribution >= 4 is 22.8 Å². The first-order valence-electron chi connectivity index (χ1n) is 9.71. The summed E-state index contributed by atoms with van der Waals surface area (Å²) < 4.78 is 0. The van der Waals surface area contributed by atoms with Crippen LogP contribution in [0.15, 0.2) is 85.1 Å². The van der Waals surface area contributed by atoms with Crippen LogP contribution in [0.1, 0.15) is 27.4 Å². The average Bonchev–Trinajstić information content (AvgIpc) is 3.11. The molecule has 0 radical (unpaired) electrons. The zero-order chi connectivity index (χ0) is 20.7. The second-order valence-electron chi connectivity index (χ2n) is 7.32. The third-order valence-corrected chi connectivity index (χ3v) is 5.66. The summed E-state index contributed by atoms with van der Waals surface area (Å²) in [4.78, 5) is 29.7. The number of amides is 1. The van der Waals surface area contributed by atoms with Gasteiger partial charge in [0.2, 0.25) is 0 Å². The van der Waals surface area contributed by atoms with Crippen LogP contribution in [-0.2, 0) is 4.79 Å². The lowest BCUT2D eigenvalue weighted by atomic mass is 9.89. The van der Waals surface area contributed by atoms with E-state index in [2.05, 4.69) is 10.3 Å². The molecule has 30 heavy (non-hydrogen) atoms. The fraction of sp³-hybridized carbons (Fsp3) is 0.0800. The van der Waals surface area contributed by atoms with Gasteiger partial charge < -0.3 is 10.4 Å². The van der Waals surface area contributed by atoms with Crippen LogP contribution in [0.4, 0.5) is 0 Å². The SMILES string of the molecule is O=C(N[C@@H](C(=O)O)C1c2ccccc2-c2ccccc21)c1ccnc2ccccc12. The van der Waals surface area contributed by atoms with Crippen molar-refractivity contribution in [2.24, 2.45) is 0 Å². The molecule has 1 aliphatic carbocycles. The Hall–Kier alpha value is -3.99. The number of nitrogens with one attached hydrogen (secondary N) is 1. The molecule has 0 aliphatic heterocycles. The van der Waals surface area contributed by atoms with Crippen molar-refractivity contribution in [3.63, 3.8) is 0 Å². The predicted molar refractivity (Wildman–Crippen MR) is 114 cm³/mol. The van der Waals surface area contributed by atoms with Crippen LogP contribution in [0.2, 0.25) is 0 Å². The Balaban J connectivity index is 1.57. The smallest absolute Gasteiger partial charge is 0.327 e. The van der Waals surface area contributed by atoms with E-state index in [-0.39, 0.29) is 0 Å². The highest BCUT2D eigenvalue weighted by Crippen LogP contribution is 2.46. The maximum absolute atomic E-state index is 13.2. The van der Waals surface area contributed by atoms with Gasteiger partial charge in [-0.1, -0.05) is 66.7 Å². The summed E-state index contributed by atoms with van der Waals surface area (Å²) in [6.07, 6.45) is 1.56. The van der Waals surface area contributed by atoms with Gasteiger partial charge in [-0.25, -0.2) is 4.79 Å². The van der Waals surface area contributed by atoms with Gasteiger partial charge in [-0.2, -0.15) is 0 Å². The number of hydrogen-bond donors (Lipinski definition) is 2.